The van der Waals surface area contributed by atoms with Crippen molar-refractivity contribution in [2.75, 3.05) is 31.1 Å². The van der Waals surface area contributed by atoms with E-state index >= 15 is 0 Å². The van der Waals surface area contributed by atoms with Gasteiger partial charge in [-0.25, -0.2) is 0 Å². The standard InChI is InChI=1S/C8H16N2S/c1-3-9-6-8(2-4-10-8)7-11-5-1/h9-10H,1-7H2. The van der Waals surface area contributed by atoms with Gasteiger partial charge in [0.05, 0.1) is 0 Å². The highest BCUT2D eigenvalue weighted by molar-refractivity contribution is 7.99. The lowest BCUT2D eigenvalue weighted by atomic mass is 9.90. The van der Waals surface area contributed by atoms with Crippen molar-refractivity contribution in [3.63, 3.8) is 0 Å². The van der Waals surface area contributed by atoms with Crippen LogP contribution in [0.25, 0.3) is 0 Å². The Labute approximate surface area is 72.5 Å². The molecule has 2 saturated heterocycles. The molecule has 1 atom stereocenters. The number of hydrogen-bond donors (Lipinski definition) is 2. The van der Waals surface area contributed by atoms with Crippen LogP contribution in [-0.2, 0) is 0 Å². The van der Waals surface area contributed by atoms with Crippen molar-refractivity contribution in [2.24, 2.45) is 0 Å². The molecule has 0 aromatic rings. The third kappa shape index (κ3) is 1.71. The maximum absolute atomic E-state index is 3.55. The molecule has 0 bridgehead atoms. The molecule has 0 aromatic carbocycles. The zero-order valence-electron chi connectivity index (χ0n) is 6.86. The first-order chi connectivity index (χ1) is 5.41. The fourth-order valence-corrected chi connectivity index (χ4v) is 2.93. The summed E-state index contributed by atoms with van der Waals surface area (Å²) in [4.78, 5) is 0. The van der Waals surface area contributed by atoms with Crippen LogP contribution in [0.15, 0.2) is 0 Å². The van der Waals surface area contributed by atoms with Crippen molar-refractivity contribution in [3.8, 4) is 0 Å². The van der Waals surface area contributed by atoms with Crippen LogP contribution in [0.4, 0.5) is 0 Å². The SMILES string of the molecule is C1CNCC2(CCN2)CSC1. The molecule has 1 unspecified atom stereocenters. The van der Waals surface area contributed by atoms with Gasteiger partial charge in [-0.3, -0.25) is 0 Å². The van der Waals surface area contributed by atoms with Gasteiger partial charge in [-0.05, 0) is 31.7 Å². The second kappa shape index (κ2) is 3.33. The first-order valence-corrected chi connectivity index (χ1v) is 5.60. The van der Waals surface area contributed by atoms with Crippen molar-refractivity contribution in [3.05, 3.63) is 0 Å². The van der Waals surface area contributed by atoms with Gasteiger partial charge in [0, 0.05) is 17.8 Å². The van der Waals surface area contributed by atoms with Crippen molar-refractivity contribution in [1.29, 1.82) is 0 Å². The summed E-state index contributed by atoms with van der Waals surface area (Å²) in [6.07, 6.45) is 2.70. The van der Waals surface area contributed by atoms with E-state index in [1.807, 2.05) is 0 Å². The predicted molar refractivity (Wildman–Crippen MR) is 50.2 cm³/mol. The summed E-state index contributed by atoms with van der Waals surface area (Å²) in [6, 6.07) is 0. The van der Waals surface area contributed by atoms with Gasteiger partial charge in [0.1, 0.15) is 0 Å². The lowest BCUT2D eigenvalue weighted by Crippen LogP contribution is -2.64. The lowest BCUT2D eigenvalue weighted by molar-refractivity contribution is 0.229. The van der Waals surface area contributed by atoms with Gasteiger partial charge in [0.15, 0.2) is 0 Å². The van der Waals surface area contributed by atoms with Crippen LogP contribution in [-0.4, -0.2) is 36.7 Å². The highest BCUT2D eigenvalue weighted by Gasteiger charge is 2.35. The molecule has 2 fully saturated rings. The molecule has 64 valence electrons. The largest absolute Gasteiger partial charge is 0.315 e. The minimum absolute atomic E-state index is 0.477. The molecule has 0 aromatic heterocycles. The Morgan fingerprint density at radius 3 is 2.91 bits per heavy atom. The fraction of sp³-hybridized carbons (Fsp3) is 1.00. The summed E-state index contributed by atoms with van der Waals surface area (Å²) < 4.78 is 0. The minimum Gasteiger partial charge on any atom is -0.315 e. The topological polar surface area (TPSA) is 24.1 Å². The summed E-state index contributed by atoms with van der Waals surface area (Å²) in [6.45, 7) is 3.61. The van der Waals surface area contributed by atoms with E-state index in [0.29, 0.717) is 5.54 Å². The average molecular weight is 172 g/mol. The van der Waals surface area contributed by atoms with Crippen molar-refractivity contribution in [2.45, 2.75) is 18.4 Å². The number of nitrogens with one attached hydrogen (secondary N) is 2. The third-order valence-electron chi connectivity index (χ3n) is 2.59. The summed E-state index contributed by atoms with van der Waals surface area (Å²) in [5.41, 5.74) is 0.477. The lowest BCUT2D eigenvalue weighted by Gasteiger charge is -2.44. The summed E-state index contributed by atoms with van der Waals surface area (Å²) in [7, 11) is 0. The van der Waals surface area contributed by atoms with Gasteiger partial charge in [-0.1, -0.05) is 0 Å². The van der Waals surface area contributed by atoms with Gasteiger partial charge in [0.25, 0.3) is 0 Å². The Morgan fingerprint density at radius 2 is 2.18 bits per heavy atom. The predicted octanol–water partition coefficient (Wildman–Crippen LogP) is 0.445. The number of rotatable bonds is 0. The molecule has 2 aliphatic heterocycles. The Morgan fingerprint density at radius 1 is 1.27 bits per heavy atom. The highest BCUT2D eigenvalue weighted by Crippen LogP contribution is 2.24. The molecule has 2 nitrogen and oxygen atoms in total. The van der Waals surface area contributed by atoms with E-state index in [9.17, 15) is 0 Å². The first-order valence-electron chi connectivity index (χ1n) is 4.45. The Hall–Kier alpha value is 0.270. The van der Waals surface area contributed by atoms with Gasteiger partial charge in [-0.15, -0.1) is 0 Å². The van der Waals surface area contributed by atoms with E-state index in [4.69, 9.17) is 0 Å². The van der Waals surface area contributed by atoms with Crippen LogP contribution < -0.4 is 10.6 Å². The zero-order chi connectivity index (χ0) is 7.57. The summed E-state index contributed by atoms with van der Waals surface area (Å²) in [5.74, 6) is 2.64. The second-order valence-corrected chi connectivity index (χ2v) is 4.65. The number of thioether (sulfide) groups is 1. The Kier molecular flexibility index (Phi) is 2.39. The minimum atomic E-state index is 0.477. The van der Waals surface area contributed by atoms with Crippen LogP contribution in [0.1, 0.15) is 12.8 Å². The van der Waals surface area contributed by atoms with E-state index < -0.39 is 0 Å². The van der Waals surface area contributed by atoms with Gasteiger partial charge in [0.2, 0.25) is 0 Å². The van der Waals surface area contributed by atoms with Crippen molar-refractivity contribution < 1.29 is 0 Å². The smallest absolute Gasteiger partial charge is 0.0409 e. The Bertz CT molecular complexity index is 124. The maximum atomic E-state index is 3.55. The molecular weight excluding hydrogens is 156 g/mol. The molecule has 2 aliphatic rings. The molecule has 0 amide bonds. The fourth-order valence-electron chi connectivity index (χ4n) is 1.70. The van der Waals surface area contributed by atoms with Crippen molar-refractivity contribution in [1.82, 2.24) is 10.6 Å². The highest BCUT2D eigenvalue weighted by atomic mass is 32.2. The molecule has 2 rings (SSSR count). The molecule has 2 N–H and O–H groups in total. The number of hydrogen-bond acceptors (Lipinski definition) is 3. The normalized spacial score (nSPS) is 39.3. The molecule has 3 heteroatoms. The van der Waals surface area contributed by atoms with Crippen LogP contribution in [0.2, 0.25) is 0 Å². The zero-order valence-corrected chi connectivity index (χ0v) is 7.67. The van der Waals surface area contributed by atoms with E-state index in [-0.39, 0.29) is 0 Å². The van der Waals surface area contributed by atoms with E-state index in [0.717, 1.165) is 0 Å². The maximum Gasteiger partial charge on any atom is 0.0409 e. The van der Waals surface area contributed by atoms with E-state index in [1.54, 1.807) is 0 Å². The van der Waals surface area contributed by atoms with Crippen LogP contribution in [0.5, 0.6) is 0 Å². The average Bonchev–Trinajstić information content (AvgIpc) is 1.82. The molecule has 2 heterocycles. The Balaban J connectivity index is 1.86. The first kappa shape index (κ1) is 7.90. The third-order valence-corrected chi connectivity index (χ3v) is 3.92. The summed E-state index contributed by atoms with van der Waals surface area (Å²) >= 11 is 2.11. The summed E-state index contributed by atoms with van der Waals surface area (Å²) in [5, 5.41) is 7.05. The van der Waals surface area contributed by atoms with Crippen LogP contribution in [0.3, 0.4) is 0 Å². The second-order valence-electron chi connectivity index (χ2n) is 3.54. The molecule has 1 spiro atoms. The monoisotopic (exact) mass is 172 g/mol. The van der Waals surface area contributed by atoms with Crippen molar-refractivity contribution >= 4 is 11.8 Å². The van der Waals surface area contributed by atoms with E-state index in [2.05, 4.69) is 22.4 Å². The molecule has 0 saturated carbocycles. The molecular formula is C8H16N2S. The molecule has 0 radical (unpaired) electrons. The van der Waals surface area contributed by atoms with Gasteiger partial charge < -0.3 is 10.6 Å². The quantitative estimate of drug-likeness (QED) is 0.554. The van der Waals surface area contributed by atoms with E-state index in [1.165, 1.54) is 44.0 Å². The van der Waals surface area contributed by atoms with Gasteiger partial charge >= 0.3 is 0 Å². The van der Waals surface area contributed by atoms with Crippen LogP contribution >= 0.6 is 11.8 Å². The van der Waals surface area contributed by atoms with Crippen LogP contribution in [0, 0.1) is 0 Å². The van der Waals surface area contributed by atoms with Gasteiger partial charge in [-0.2, -0.15) is 11.8 Å². The molecule has 11 heavy (non-hydrogen) atoms. The molecule has 0 aliphatic carbocycles.